The fraction of sp³-hybridized carbons (Fsp3) is 0. The van der Waals surface area contributed by atoms with Crippen LogP contribution in [0.25, 0.3) is 0 Å². The van der Waals surface area contributed by atoms with Crippen molar-refractivity contribution in [2.24, 2.45) is 15.9 Å². The molecule has 0 saturated carbocycles. The fourth-order valence-electron chi connectivity index (χ4n) is 0.153. The van der Waals surface area contributed by atoms with Crippen molar-refractivity contribution in [2.75, 3.05) is 0 Å². The van der Waals surface area contributed by atoms with Gasteiger partial charge in [-0.15, -0.1) is 0 Å². The van der Waals surface area contributed by atoms with E-state index in [1.165, 1.54) is 6.08 Å². The highest BCUT2D eigenvalue weighted by atomic mass is 15.1. The van der Waals surface area contributed by atoms with Gasteiger partial charge >= 0.3 is 0 Å². The summed E-state index contributed by atoms with van der Waals surface area (Å²) in [6.45, 7) is 3.36. The molecule has 0 aromatic carbocycles. The fourth-order valence-corrected chi connectivity index (χ4v) is 0.153. The second kappa shape index (κ2) is 4.11. The molecule has 0 atom stereocenters. The first-order valence-corrected chi connectivity index (χ1v) is 1.98. The topological polar surface area (TPSA) is 50.7 Å². The molecule has 0 amide bonds. The first kappa shape index (κ1) is 6.94. The molecule has 0 saturated heterocycles. The first-order chi connectivity index (χ1) is 3.81. The number of hydrazone groups is 1. The van der Waals surface area contributed by atoms with Crippen LogP contribution in [0.3, 0.4) is 0 Å². The van der Waals surface area contributed by atoms with Gasteiger partial charge in [-0.05, 0) is 5.61 Å². The van der Waals surface area contributed by atoms with Crippen LogP contribution in [0.15, 0.2) is 22.7 Å². The van der Waals surface area contributed by atoms with Gasteiger partial charge in [-0.3, -0.25) is 4.99 Å². The van der Waals surface area contributed by atoms with Crippen LogP contribution in [0.4, 0.5) is 0 Å². The smallest absolute Gasteiger partial charge is 0.141 e. The molecule has 0 unspecified atom stereocenters. The molecule has 0 rings (SSSR count). The molecule has 2 N–H and O–H groups in total. The van der Waals surface area contributed by atoms with E-state index >= 15 is 0 Å². The van der Waals surface area contributed by atoms with Crippen molar-refractivity contribution in [1.29, 1.82) is 0 Å². The third-order valence-corrected chi connectivity index (χ3v) is 0.483. The monoisotopic (exact) mass is 107 g/mol. The normalized spacial score (nSPS) is 12.2. The van der Waals surface area contributed by atoms with E-state index in [2.05, 4.69) is 16.7 Å². The first-order valence-electron chi connectivity index (χ1n) is 1.98. The zero-order valence-electron chi connectivity index (χ0n) is 4.41. The van der Waals surface area contributed by atoms with Gasteiger partial charge < -0.3 is 5.84 Å². The maximum Gasteiger partial charge on any atom is 0.141 e. The quantitative estimate of drug-likeness (QED) is 0.169. The Morgan fingerprint density at radius 3 is 2.75 bits per heavy atom. The summed E-state index contributed by atoms with van der Waals surface area (Å²) < 4.78 is 0. The lowest BCUT2D eigenvalue weighted by Crippen LogP contribution is -1.90. The SMILES string of the molecule is [B]C(C=C)=N/C=N\N. The van der Waals surface area contributed by atoms with Gasteiger partial charge in [0.2, 0.25) is 0 Å². The lowest BCUT2D eigenvalue weighted by atomic mass is 10.0. The number of rotatable bonds is 2. The van der Waals surface area contributed by atoms with E-state index in [1.807, 2.05) is 0 Å². The number of aliphatic imine (C=N–C) groups is 1. The molecule has 0 fully saturated rings. The predicted octanol–water partition coefficient (Wildman–Crippen LogP) is -0.359. The summed E-state index contributed by atoms with van der Waals surface area (Å²) in [6.07, 6.45) is 2.55. The van der Waals surface area contributed by atoms with Gasteiger partial charge in [0.05, 0.1) is 0 Å². The Morgan fingerprint density at radius 2 is 2.38 bits per heavy atom. The molecular weight excluding hydrogens is 101 g/mol. The van der Waals surface area contributed by atoms with Crippen LogP contribution in [0, 0.1) is 0 Å². The van der Waals surface area contributed by atoms with Gasteiger partial charge in [-0.2, -0.15) is 5.10 Å². The Balaban J connectivity index is 3.74. The second-order valence-corrected chi connectivity index (χ2v) is 1.02. The molecular formula is C4H6BN3. The Kier molecular flexibility index (Phi) is 3.57. The van der Waals surface area contributed by atoms with Gasteiger partial charge in [0, 0.05) is 0 Å². The molecule has 40 valence electrons. The van der Waals surface area contributed by atoms with Crippen molar-refractivity contribution >= 4 is 19.8 Å². The van der Waals surface area contributed by atoms with Crippen LogP contribution >= 0.6 is 0 Å². The van der Waals surface area contributed by atoms with Crippen LogP contribution in [0.5, 0.6) is 0 Å². The molecule has 0 bridgehead atoms. The standard InChI is InChI=1S/C4H6BN3/c1-2-4(5)7-3-8-6/h2-3H,1,6H2/b7-4?,8-3-. The summed E-state index contributed by atoms with van der Waals surface area (Å²) in [7, 11) is 5.14. The summed E-state index contributed by atoms with van der Waals surface area (Å²) in [5.41, 5.74) is 0.305. The van der Waals surface area contributed by atoms with E-state index in [0.717, 1.165) is 6.34 Å². The van der Waals surface area contributed by atoms with Gasteiger partial charge in [-0.25, -0.2) is 0 Å². The highest BCUT2D eigenvalue weighted by molar-refractivity contribution is 6.63. The van der Waals surface area contributed by atoms with Crippen molar-refractivity contribution in [1.82, 2.24) is 0 Å². The van der Waals surface area contributed by atoms with E-state index in [1.54, 1.807) is 0 Å². The Morgan fingerprint density at radius 1 is 1.75 bits per heavy atom. The number of allylic oxidation sites excluding steroid dienone is 1. The van der Waals surface area contributed by atoms with Crippen molar-refractivity contribution in [3.05, 3.63) is 12.7 Å². The van der Waals surface area contributed by atoms with Gasteiger partial charge in [0.15, 0.2) is 0 Å². The summed E-state index contributed by atoms with van der Waals surface area (Å²) in [6, 6.07) is 0. The minimum Gasteiger partial charge on any atom is -0.322 e. The van der Waals surface area contributed by atoms with Crippen LogP contribution in [-0.2, 0) is 0 Å². The molecule has 0 aromatic heterocycles. The zero-order valence-corrected chi connectivity index (χ0v) is 4.41. The van der Waals surface area contributed by atoms with Gasteiger partial charge in [0.25, 0.3) is 0 Å². The summed E-state index contributed by atoms with van der Waals surface area (Å²) in [5.74, 6) is 4.70. The molecule has 8 heavy (non-hydrogen) atoms. The Labute approximate surface area is 49.4 Å². The highest BCUT2D eigenvalue weighted by Gasteiger charge is 1.72. The van der Waals surface area contributed by atoms with E-state index in [9.17, 15) is 0 Å². The van der Waals surface area contributed by atoms with Crippen LogP contribution < -0.4 is 5.84 Å². The maximum absolute atomic E-state index is 5.14. The summed E-state index contributed by atoms with van der Waals surface area (Å²) in [5, 5.41) is 3.08. The van der Waals surface area contributed by atoms with Crippen molar-refractivity contribution in [3.8, 4) is 0 Å². The van der Waals surface area contributed by atoms with Gasteiger partial charge in [0.1, 0.15) is 14.2 Å². The highest BCUT2D eigenvalue weighted by Crippen LogP contribution is 1.67. The molecule has 4 heteroatoms. The molecule has 2 radical (unpaired) electrons. The number of nitrogens with zero attached hydrogens (tertiary/aromatic N) is 2. The second-order valence-electron chi connectivity index (χ2n) is 1.02. The van der Waals surface area contributed by atoms with E-state index < -0.39 is 0 Å². The van der Waals surface area contributed by atoms with E-state index in [-0.39, 0.29) is 0 Å². The van der Waals surface area contributed by atoms with Crippen LogP contribution in [0.2, 0.25) is 0 Å². The maximum atomic E-state index is 5.14. The number of hydrogen-bond acceptors (Lipinski definition) is 2. The lowest BCUT2D eigenvalue weighted by molar-refractivity contribution is 1.25. The Bertz CT molecular complexity index is 127. The minimum absolute atomic E-state index is 0.305. The van der Waals surface area contributed by atoms with Crippen LogP contribution in [-0.4, -0.2) is 19.8 Å². The van der Waals surface area contributed by atoms with Gasteiger partial charge in [-0.1, -0.05) is 12.7 Å². The average molecular weight is 107 g/mol. The minimum atomic E-state index is 0.305. The molecule has 0 aromatic rings. The largest absolute Gasteiger partial charge is 0.322 e. The van der Waals surface area contributed by atoms with Crippen molar-refractivity contribution in [3.63, 3.8) is 0 Å². The molecule has 0 spiro atoms. The summed E-state index contributed by atoms with van der Waals surface area (Å²) >= 11 is 0. The Hall–Kier alpha value is -1.06. The van der Waals surface area contributed by atoms with Crippen LogP contribution in [0.1, 0.15) is 0 Å². The number of hydrogen-bond donors (Lipinski definition) is 1. The zero-order chi connectivity index (χ0) is 6.41. The average Bonchev–Trinajstić information content (AvgIpc) is 1.83. The molecule has 0 aliphatic heterocycles. The lowest BCUT2D eigenvalue weighted by Gasteiger charge is -1.80. The van der Waals surface area contributed by atoms with Crippen molar-refractivity contribution in [2.45, 2.75) is 0 Å². The molecule has 0 aliphatic rings. The summed E-state index contributed by atoms with van der Waals surface area (Å²) in [4.78, 5) is 3.52. The third-order valence-electron chi connectivity index (χ3n) is 0.483. The van der Waals surface area contributed by atoms with E-state index in [4.69, 9.17) is 13.7 Å². The van der Waals surface area contributed by atoms with Crippen molar-refractivity contribution < 1.29 is 0 Å². The van der Waals surface area contributed by atoms with E-state index in [0.29, 0.717) is 5.61 Å². The predicted molar refractivity (Wildman–Crippen MR) is 36.1 cm³/mol. The number of nitrogens with two attached hydrogens (primary N) is 1. The molecule has 0 aliphatic carbocycles. The third kappa shape index (κ3) is 3.15. The molecule has 0 heterocycles. The molecule has 3 nitrogen and oxygen atoms in total.